The van der Waals surface area contributed by atoms with Gasteiger partial charge in [0, 0.05) is 24.1 Å². The van der Waals surface area contributed by atoms with Crippen LogP contribution in [-0.2, 0) is 28.9 Å². The van der Waals surface area contributed by atoms with Gasteiger partial charge in [-0.25, -0.2) is 14.2 Å². The fourth-order valence-corrected chi connectivity index (χ4v) is 6.04. The number of carboxylic acids is 1. The van der Waals surface area contributed by atoms with Gasteiger partial charge in [-0.1, -0.05) is 18.2 Å². The van der Waals surface area contributed by atoms with Crippen LogP contribution >= 0.6 is 0 Å². The van der Waals surface area contributed by atoms with Crippen LogP contribution in [0.15, 0.2) is 30.3 Å². The average Bonchev–Trinajstić information content (AvgIpc) is 3.30. The standard InChI is InChI=1S/C29H34FN3O4/c1-17-4-5-19(15-24(17)30)14-18(2)33-25-11-10-20-12-13-32(29(36)37-3)16-23(20)26(25)31-27(33)21-6-8-22(9-7-21)28(34)35/h4-5,10-11,15,18,21-22H,6-9,12-14,16H2,1-3H3,(H,34,35)/t18-,21?,22?/m0/s1. The lowest BCUT2D eigenvalue weighted by molar-refractivity contribution is -0.142. The van der Waals surface area contributed by atoms with Crippen LogP contribution in [0.2, 0.25) is 0 Å². The maximum absolute atomic E-state index is 14.3. The first kappa shape index (κ1) is 25.2. The quantitative estimate of drug-likeness (QED) is 0.474. The van der Waals surface area contributed by atoms with Crippen molar-refractivity contribution < 1.29 is 23.8 Å². The van der Waals surface area contributed by atoms with E-state index in [0.29, 0.717) is 37.9 Å². The average molecular weight is 508 g/mol. The number of carbonyl (C=O) groups is 2. The number of fused-ring (bicyclic) bond motifs is 3. The first-order valence-corrected chi connectivity index (χ1v) is 13.1. The van der Waals surface area contributed by atoms with Crippen LogP contribution in [0.25, 0.3) is 11.0 Å². The van der Waals surface area contributed by atoms with Crippen molar-refractivity contribution in [1.82, 2.24) is 14.5 Å². The molecule has 1 N–H and O–H groups in total. The minimum absolute atomic E-state index is 0.0117. The van der Waals surface area contributed by atoms with Crippen molar-refractivity contribution in [2.45, 2.75) is 70.9 Å². The summed E-state index contributed by atoms with van der Waals surface area (Å²) in [6.07, 6.45) is 3.84. The van der Waals surface area contributed by atoms with Crippen LogP contribution in [0.4, 0.5) is 9.18 Å². The molecule has 2 aromatic carbocycles. The number of benzene rings is 2. The van der Waals surface area contributed by atoms with E-state index in [1.807, 2.05) is 12.1 Å². The Hall–Kier alpha value is -3.42. The lowest BCUT2D eigenvalue weighted by Gasteiger charge is -2.28. The van der Waals surface area contributed by atoms with Gasteiger partial charge < -0.3 is 19.3 Å². The number of methoxy groups -OCH3 is 1. The van der Waals surface area contributed by atoms with Gasteiger partial charge in [-0.05, 0) is 81.2 Å². The zero-order chi connectivity index (χ0) is 26.3. The first-order valence-electron chi connectivity index (χ1n) is 13.1. The minimum Gasteiger partial charge on any atom is -0.481 e. The molecule has 1 fully saturated rings. The van der Waals surface area contributed by atoms with Crippen molar-refractivity contribution >= 4 is 23.1 Å². The van der Waals surface area contributed by atoms with Crippen molar-refractivity contribution in [3.63, 3.8) is 0 Å². The number of halogens is 1. The van der Waals surface area contributed by atoms with Crippen LogP contribution in [0.3, 0.4) is 0 Å². The van der Waals surface area contributed by atoms with Gasteiger partial charge in [0.15, 0.2) is 0 Å². The number of aromatic nitrogens is 2. The zero-order valence-electron chi connectivity index (χ0n) is 21.7. The second-order valence-electron chi connectivity index (χ2n) is 10.6. The highest BCUT2D eigenvalue weighted by Crippen LogP contribution is 2.40. The molecule has 1 saturated carbocycles. The Balaban J connectivity index is 1.56. The van der Waals surface area contributed by atoms with Crippen molar-refractivity contribution in [1.29, 1.82) is 0 Å². The molecule has 2 heterocycles. The van der Waals surface area contributed by atoms with Gasteiger partial charge in [0.1, 0.15) is 11.6 Å². The van der Waals surface area contributed by atoms with E-state index in [0.717, 1.165) is 47.2 Å². The third-order valence-corrected chi connectivity index (χ3v) is 8.17. The SMILES string of the molecule is COC(=O)N1CCc2ccc3c(nc(C4CCC(C(=O)O)CC4)n3[C@@H](C)Cc3ccc(C)c(F)c3)c2C1. The number of carboxylic acid groups (broad SMARTS) is 1. The molecule has 37 heavy (non-hydrogen) atoms. The van der Waals surface area contributed by atoms with Crippen LogP contribution in [0.5, 0.6) is 0 Å². The number of aliphatic carboxylic acids is 1. The Bertz CT molecular complexity index is 1340. The zero-order valence-corrected chi connectivity index (χ0v) is 21.7. The van der Waals surface area contributed by atoms with Gasteiger partial charge in [-0.2, -0.15) is 0 Å². The summed E-state index contributed by atoms with van der Waals surface area (Å²) in [6, 6.07) is 9.66. The Morgan fingerprint density at radius 1 is 1.19 bits per heavy atom. The Morgan fingerprint density at radius 2 is 1.95 bits per heavy atom. The molecule has 0 radical (unpaired) electrons. The summed E-state index contributed by atoms with van der Waals surface area (Å²) in [5.41, 5.74) is 5.67. The third kappa shape index (κ3) is 4.81. The van der Waals surface area contributed by atoms with Crippen LogP contribution in [0.1, 0.15) is 72.6 Å². The molecule has 0 bridgehead atoms. The highest BCUT2D eigenvalue weighted by molar-refractivity contribution is 5.82. The molecule has 7 nitrogen and oxygen atoms in total. The van der Waals surface area contributed by atoms with E-state index in [2.05, 4.69) is 23.6 Å². The van der Waals surface area contributed by atoms with Crippen LogP contribution in [0, 0.1) is 18.7 Å². The molecule has 0 unspecified atom stereocenters. The number of hydrogen-bond donors (Lipinski definition) is 1. The monoisotopic (exact) mass is 507 g/mol. The molecule has 5 rings (SSSR count). The molecule has 2 aliphatic rings. The molecule has 1 aliphatic heterocycles. The Kier molecular flexibility index (Phi) is 6.92. The second kappa shape index (κ2) is 10.1. The molecule has 8 heteroatoms. The highest BCUT2D eigenvalue weighted by Gasteiger charge is 2.32. The van der Waals surface area contributed by atoms with E-state index in [9.17, 15) is 19.1 Å². The molecule has 3 aromatic rings. The molecule has 1 aromatic heterocycles. The Morgan fingerprint density at radius 3 is 2.62 bits per heavy atom. The largest absolute Gasteiger partial charge is 0.481 e. The van der Waals surface area contributed by atoms with E-state index in [1.165, 1.54) is 12.7 Å². The summed E-state index contributed by atoms with van der Waals surface area (Å²) >= 11 is 0. The highest BCUT2D eigenvalue weighted by atomic mass is 19.1. The van der Waals surface area contributed by atoms with Crippen LogP contribution in [-0.4, -0.2) is 45.3 Å². The number of carbonyl (C=O) groups excluding carboxylic acids is 1. The molecular weight excluding hydrogens is 473 g/mol. The van der Waals surface area contributed by atoms with Crippen LogP contribution < -0.4 is 0 Å². The Labute approximate surface area is 216 Å². The molecular formula is C29H34FN3O4. The molecule has 1 aliphatic carbocycles. The van der Waals surface area contributed by atoms with Gasteiger partial charge in [0.2, 0.25) is 0 Å². The number of aryl methyl sites for hydroxylation is 1. The number of rotatable bonds is 5. The van der Waals surface area contributed by atoms with Crippen molar-refractivity contribution in [3.8, 4) is 0 Å². The molecule has 1 atom stereocenters. The summed E-state index contributed by atoms with van der Waals surface area (Å²) < 4.78 is 21.6. The summed E-state index contributed by atoms with van der Waals surface area (Å²) in [7, 11) is 1.40. The van der Waals surface area contributed by atoms with E-state index >= 15 is 0 Å². The summed E-state index contributed by atoms with van der Waals surface area (Å²) in [4.78, 5) is 30.7. The summed E-state index contributed by atoms with van der Waals surface area (Å²) in [5.74, 6) is -0.120. The molecule has 0 spiro atoms. The van der Waals surface area contributed by atoms with Gasteiger partial charge in [0.05, 0.1) is 30.6 Å². The fourth-order valence-electron chi connectivity index (χ4n) is 6.04. The lowest BCUT2D eigenvalue weighted by atomic mass is 9.81. The van der Waals surface area contributed by atoms with E-state index in [-0.39, 0.29) is 29.8 Å². The predicted molar refractivity (Wildman–Crippen MR) is 138 cm³/mol. The first-order chi connectivity index (χ1) is 17.8. The summed E-state index contributed by atoms with van der Waals surface area (Å²) in [5, 5.41) is 9.49. The maximum Gasteiger partial charge on any atom is 0.409 e. The smallest absolute Gasteiger partial charge is 0.409 e. The van der Waals surface area contributed by atoms with Gasteiger partial charge in [0.25, 0.3) is 0 Å². The van der Waals surface area contributed by atoms with E-state index in [1.54, 1.807) is 17.9 Å². The molecule has 1 amide bonds. The molecule has 0 saturated heterocycles. The predicted octanol–water partition coefficient (Wildman–Crippen LogP) is 5.77. The van der Waals surface area contributed by atoms with E-state index < -0.39 is 5.97 Å². The number of nitrogens with zero attached hydrogens (tertiary/aromatic N) is 3. The number of hydrogen-bond acceptors (Lipinski definition) is 4. The maximum atomic E-state index is 14.3. The number of ether oxygens (including phenoxy) is 1. The fraction of sp³-hybridized carbons (Fsp3) is 0.483. The summed E-state index contributed by atoms with van der Waals surface area (Å²) in [6.45, 7) is 4.94. The van der Waals surface area contributed by atoms with E-state index in [4.69, 9.17) is 9.72 Å². The third-order valence-electron chi connectivity index (χ3n) is 8.17. The topological polar surface area (TPSA) is 84.7 Å². The second-order valence-corrected chi connectivity index (χ2v) is 10.6. The van der Waals surface area contributed by atoms with Crippen molar-refractivity contribution in [2.24, 2.45) is 5.92 Å². The number of amides is 1. The van der Waals surface area contributed by atoms with Gasteiger partial charge in [-0.3, -0.25) is 4.79 Å². The normalized spacial score (nSPS) is 20.5. The van der Waals surface area contributed by atoms with Crippen molar-refractivity contribution in [2.75, 3.05) is 13.7 Å². The molecule has 196 valence electrons. The van der Waals surface area contributed by atoms with Crippen molar-refractivity contribution in [3.05, 3.63) is 64.2 Å². The number of imidazole rings is 1. The van der Waals surface area contributed by atoms with Gasteiger partial charge in [-0.15, -0.1) is 0 Å². The minimum atomic E-state index is -0.723. The lowest BCUT2D eigenvalue weighted by Crippen LogP contribution is -2.35. The van der Waals surface area contributed by atoms with Gasteiger partial charge >= 0.3 is 12.1 Å².